The first-order valence-corrected chi connectivity index (χ1v) is 4.40. The summed E-state index contributed by atoms with van der Waals surface area (Å²) in [6.45, 7) is 5.40. The monoisotopic (exact) mass is 296 g/mol. The predicted molar refractivity (Wildman–Crippen MR) is 55.0 cm³/mol. The average Bonchev–Trinajstić information content (AvgIpc) is 2.18. The van der Waals surface area contributed by atoms with Gasteiger partial charge in [-0.05, 0) is 27.7 Å². The maximum Gasteiger partial charge on any atom is 0.316 e. The molecule has 0 atom stereocenters. The zero-order valence-electron chi connectivity index (χ0n) is 10.4. The van der Waals surface area contributed by atoms with Crippen molar-refractivity contribution in [2.45, 2.75) is 27.7 Å². The molecule has 6 nitrogen and oxygen atoms in total. The second kappa shape index (κ2) is 8.06. The van der Waals surface area contributed by atoms with Gasteiger partial charge in [-0.2, -0.15) is 0 Å². The first-order chi connectivity index (χ1) is 7.01. The summed E-state index contributed by atoms with van der Waals surface area (Å²) in [5.41, 5.74) is -2.44. The molecule has 0 bridgehead atoms. The third-order valence-electron chi connectivity index (χ3n) is 1.69. The fourth-order valence-electron chi connectivity index (χ4n) is 0.101. The summed E-state index contributed by atoms with van der Waals surface area (Å²) in [7, 11) is 0. The second-order valence-electron chi connectivity index (χ2n) is 4.29. The largest absolute Gasteiger partial charge is 0.481 e. The van der Waals surface area contributed by atoms with Crippen molar-refractivity contribution >= 4 is 24.5 Å². The van der Waals surface area contributed by atoms with Crippen LogP contribution in [0, 0.1) is 10.8 Å². The van der Waals surface area contributed by atoms with Gasteiger partial charge in [0.05, 0.1) is 0 Å². The molecule has 0 aromatic carbocycles. The first-order valence-electron chi connectivity index (χ1n) is 4.40. The van der Waals surface area contributed by atoms with E-state index in [1.807, 2.05) is 0 Å². The molecule has 2 N–H and O–H groups in total. The topological polar surface area (TPSA) is 109 Å². The fraction of sp³-hybridized carbons (Fsp3) is 0.600. The molecule has 0 aromatic rings. The maximum atomic E-state index is 10.0. The molecule has 0 unspecified atom stereocenters. The standard InChI is InChI=1S/2C5H8O3.Zn/c2*1-5(2,3-6)4(7)8;/h2*3H,1-2H3,(H,7,8);. The van der Waals surface area contributed by atoms with Crippen molar-refractivity contribution in [1.29, 1.82) is 0 Å². The van der Waals surface area contributed by atoms with Crippen LogP contribution >= 0.6 is 0 Å². The Morgan fingerprint density at radius 3 is 1.00 bits per heavy atom. The van der Waals surface area contributed by atoms with Crippen LogP contribution in [-0.4, -0.2) is 34.7 Å². The van der Waals surface area contributed by atoms with Crippen molar-refractivity contribution in [3.05, 3.63) is 0 Å². The first kappa shape index (κ1) is 21.2. The predicted octanol–water partition coefficient (Wildman–Crippen LogP) is 0.590. The van der Waals surface area contributed by atoms with E-state index in [1.165, 1.54) is 27.7 Å². The molecule has 7 heteroatoms. The van der Waals surface area contributed by atoms with Gasteiger partial charge in [0.25, 0.3) is 0 Å². The van der Waals surface area contributed by atoms with E-state index in [0.29, 0.717) is 12.6 Å². The van der Waals surface area contributed by atoms with Crippen molar-refractivity contribution in [3.8, 4) is 0 Å². The van der Waals surface area contributed by atoms with E-state index in [9.17, 15) is 19.2 Å². The molecular formula is C10H16O6Zn. The number of carbonyl (C=O) groups excluding carboxylic acids is 2. The van der Waals surface area contributed by atoms with E-state index < -0.39 is 22.8 Å². The minimum absolute atomic E-state index is 0. The summed E-state index contributed by atoms with van der Waals surface area (Å²) < 4.78 is 0. The number of carbonyl (C=O) groups is 4. The quantitative estimate of drug-likeness (QED) is 0.446. The van der Waals surface area contributed by atoms with Crippen LogP contribution < -0.4 is 0 Å². The van der Waals surface area contributed by atoms with Gasteiger partial charge in [0.2, 0.25) is 0 Å². The summed E-state index contributed by atoms with van der Waals surface area (Å²) in [5, 5.41) is 16.4. The van der Waals surface area contributed by atoms with Gasteiger partial charge in [-0.1, -0.05) is 0 Å². The average molecular weight is 298 g/mol. The molecule has 0 fully saturated rings. The number of carboxylic acid groups (broad SMARTS) is 2. The van der Waals surface area contributed by atoms with Gasteiger partial charge >= 0.3 is 11.9 Å². The fourth-order valence-corrected chi connectivity index (χ4v) is 0.101. The van der Waals surface area contributed by atoms with E-state index in [2.05, 4.69) is 0 Å². The SMILES string of the molecule is CC(C)(C=O)C(=O)O.CC(C)(C=O)C(=O)O.[Zn]. The summed E-state index contributed by atoms with van der Waals surface area (Å²) in [6, 6.07) is 0. The van der Waals surface area contributed by atoms with Gasteiger partial charge in [0.15, 0.2) is 0 Å². The Labute approximate surface area is 112 Å². The normalized spacial score (nSPS) is 10.1. The third-order valence-corrected chi connectivity index (χ3v) is 1.69. The number of rotatable bonds is 4. The van der Waals surface area contributed by atoms with Crippen molar-refractivity contribution in [2.75, 3.05) is 0 Å². The van der Waals surface area contributed by atoms with E-state index in [4.69, 9.17) is 10.2 Å². The Morgan fingerprint density at radius 1 is 0.824 bits per heavy atom. The molecule has 0 spiro atoms. The number of hydrogen-bond donors (Lipinski definition) is 2. The van der Waals surface area contributed by atoms with Gasteiger partial charge in [0.1, 0.15) is 23.4 Å². The molecule has 0 aliphatic rings. The molecule has 0 heterocycles. The smallest absolute Gasteiger partial charge is 0.316 e. The molecule has 0 aromatic heterocycles. The summed E-state index contributed by atoms with van der Waals surface area (Å²) >= 11 is 0. The molecule has 0 aliphatic heterocycles. The molecule has 0 aliphatic carbocycles. The minimum atomic E-state index is -1.22. The second-order valence-corrected chi connectivity index (χ2v) is 4.29. The van der Waals surface area contributed by atoms with Gasteiger partial charge in [-0.15, -0.1) is 0 Å². The van der Waals surface area contributed by atoms with Crippen molar-refractivity contribution in [1.82, 2.24) is 0 Å². The van der Waals surface area contributed by atoms with E-state index in [-0.39, 0.29) is 19.5 Å². The number of aliphatic carboxylic acids is 2. The van der Waals surface area contributed by atoms with Gasteiger partial charge in [-0.25, -0.2) is 0 Å². The van der Waals surface area contributed by atoms with Crippen LogP contribution in [0.3, 0.4) is 0 Å². The Morgan fingerprint density at radius 2 is 1.00 bits per heavy atom. The van der Waals surface area contributed by atoms with Gasteiger partial charge in [-0.3, -0.25) is 9.59 Å². The van der Waals surface area contributed by atoms with Crippen LogP contribution in [0.1, 0.15) is 27.7 Å². The summed E-state index contributed by atoms with van der Waals surface area (Å²) in [6.07, 6.45) is 0.824. The summed E-state index contributed by atoms with van der Waals surface area (Å²) in [5.74, 6) is -2.18. The van der Waals surface area contributed by atoms with Gasteiger partial charge < -0.3 is 19.8 Å². The van der Waals surface area contributed by atoms with E-state index in [1.54, 1.807) is 0 Å². The Kier molecular flexibility index (Phi) is 10.1. The zero-order valence-corrected chi connectivity index (χ0v) is 13.4. The van der Waals surface area contributed by atoms with Crippen LogP contribution in [0.25, 0.3) is 0 Å². The zero-order chi connectivity index (χ0) is 13.6. The molecule has 17 heavy (non-hydrogen) atoms. The Hall–Kier alpha value is -1.10. The molecule has 0 rings (SSSR count). The molecule has 0 saturated heterocycles. The third kappa shape index (κ3) is 8.68. The molecule has 94 valence electrons. The molecule has 0 saturated carbocycles. The molecule has 0 amide bonds. The van der Waals surface area contributed by atoms with Crippen molar-refractivity contribution in [2.24, 2.45) is 10.8 Å². The number of hydrogen-bond acceptors (Lipinski definition) is 4. The van der Waals surface area contributed by atoms with E-state index in [0.717, 1.165) is 0 Å². The van der Waals surface area contributed by atoms with Crippen LogP contribution in [0.5, 0.6) is 0 Å². The maximum absolute atomic E-state index is 10.0. The van der Waals surface area contributed by atoms with Crippen LogP contribution in [-0.2, 0) is 38.7 Å². The minimum Gasteiger partial charge on any atom is -0.481 e. The van der Waals surface area contributed by atoms with Crippen LogP contribution in [0.15, 0.2) is 0 Å². The van der Waals surface area contributed by atoms with E-state index >= 15 is 0 Å². The van der Waals surface area contributed by atoms with Crippen molar-refractivity contribution < 1.29 is 48.9 Å². The molecule has 0 radical (unpaired) electrons. The molecular weight excluding hydrogens is 281 g/mol. The van der Waals surface area contributed by atoms with Gasteiger partial charge in [0, 0.05) is 19.5 Å². The number of aldehydes is 2. The summed E-state index contributed by atoms with van der Waals surface area (Å²) in [4.78, 5) is 39.8. The van der Waals surface area contributed by atoms with Crippen molar-refractivity contribution in [3.63, 3.8) is 0 Å². The van der Waals surface area contributed by atoms with Crippen LogP contribution in [0.4, 0.5) is 0 Å². The Balaban J connectivity index is -0.000000218. The number of carboxylic acids is 2. The Bertz CT molecular complexity index is 265. The van der Waals surface area contributed by atoms with Crippen LogP contribution in [0.2, 0.25) is 0 Å².